The van der Waals surface area contributed by atoms with Crippen LogP contribution in [-0.2, 0) is 9.53 Å². The normalized spacial score (nSPS) is 15.6. The number of fused-ring (bicyclic) bond motifs is 1. The van der Waals surface area contributed by atoms with Gasteiger partial charge in [-0.2, -0.15) is 0 Å². The molecular formula is C24H22ClN3O4S. The fourth-order valence-electron chi connectivity index (χ4n) is 3.61. The number of rotatable bonds is 6. The maximum absolute atomic E-state index is 13.5. The van der Waals surface area contributed by atoms with Gasteiger partial charge in [-0.1, -0.05) is 35.1 Å². The fraction of sp³-hybridized carbons (Fsp3) is 0.208. The summed E-state index contributed by atoms with van der Waals surface area (Å²) in [6.45, 7) is 3.71. The summed E-state index contributed by atoms with van der Waals surface area (Å²) in [4.78, 5) is 31.4. The van der Waals surface area contributed by atoms with E-state index < -0.39 is 12.0 Å². The van der Waals surface area contributed by atoms with E-state index in [4.69, 9.17) is 21.1 Å². The average molecular weight is 484 g/mol. The van der Waals surface area contributed by atoms with Crippen LogP contribution in [0.15, 0.2) is 69.6 Å². The first-order valence-electron chi connectivity index (χ1n) is 10.3. The Morgan fingerprint density at radius 3 is 2.73 bits per heavy atom. The minimum absolute atomic E-state index is 0.218. The van der Waals surface area contributed by atoms with Crippen LogP contribution in [0.4, 0.5) is 5.69 Å². The van der Waals surface area contributed by atoms with Crippen LogP contribution >= 0.6 is 22.9 Å². The third kappa shape index (κ3) is 4.58. The molecule has 4 rings (SSSR count). The Morgan fingerprint density at radius 1 is 1.27 bits per heavy atom. The lowest BCUT2D eigenvalue weighted by Crippen LogP contribution is -2.40. The van der Waals surface area contributed by atoms with Gasteiger partial charge in [-0.3, -0.25) is 9.36 Å². The van der Waals surface area contributed by atoms with Crippen molar-refractivity contribution in [2.75, 3.05) is 19.0 Å². The Bertz CT molecular complexity index is 1410. The molecule has 9 heteroatoms. The highest BCUT2D eigenvalue weighted by molar-refractivity contribution is 7.07. The number of hydrogen-bond acceptors (Lipinski definition) is 7. The first kappa shape index (κ1) is 22.8. The zero-order valence-electron chi connectivity index (χ0n) is 18.3. The number of allylic oxidation sites excluding steroid dienone is 1. The van der Waals surface area contributed by atoms with Gasteiger partial charge >= 0.3 is 5.97 Å². The van der Waals surface area contributed by atoms with Crippen LogP contribution in [0.5, 0.6) is 5.75 Å². The predicted molar refractivity (Wildman–Crippen MR) is 129 cm³/mol. The SMILES string of the molecule is CCOC(=O)C1=C(C)N=c2sc(=CNc3ccc(Cl)cc3)c(=O)n2C1c1cccc(OC)c1. The summed E-state index contributed by atoms with van der Waals surface area (Å²) in [5, 5.41) is 3.75. The topological polar surface area (TPSA) is 81.9 Å². The average Bonchev–Trinajstić information content (AvgIpc) is 3.12. The van der Waals surface area contributed by atoms with Crippen molar-refractivity contribution < 1.29 is 14.3 Å². The molecule has 0 saturated heterocycles. The van der Waals surface area contributed by atoms with Crippen molar-refractivity contribution in [3.63, 3.8) is 0 Å². The molecule has 1 aliphatic heterocycles. The lowest BCUT2D eigenvalue weighted by molar-refractivity contribution is -0.139. The van der Waals surface area contributed by atoms with Crippen molar-refractivity contribution in [2.45, 2.75) is 19.9 Å². The largest absolute Gasteiger partial charge is 0.497 e. The van der Waals surface area contributed by atoms with Crippen LogP contribution in [0.1, 0.15) is 25.5 Å². The minimum atomic E-state index is -0.687. The van der Waals surface area contributed by atoms with Crippen molar-refractivity contribution in [2.24, 2.45) is 4.99 Å². The second kappa shape index (κ2) is 9.64. The molecule has 3 aromatic rings. The molecule has 1 aromatic heterocycles. The molecule has 0 fully saturated rings. The lowest BCUT2D eigenvalue weighted by atomic mass is 9.95. The summed E-state index contributed by atoms with van der Waals surface area (Å²) in [5.74, 6) is 0.122. The first-order chi connectivity index (χ1) is 15.9. The number of anilines is 1. The molecule has 1 aliphatic rings. The van der Waals surface area contributed by atoms with Crippen LogP contribution in [-0.4, -0.2) is 24.3 Å². The summed E-state index contributed by atoms with van der Waals surface area (Å²) in [6, 6.07) is 13.8. The zero-order valence-corrected chi connectivity index (χ0v) is 19.9. The van der Waals surface area contributed by atoms with E-state index in [9.17, 15) is 9.59 Å². The first-order valence-corrected chi connectivity index (χ1v) is 11.5. The Hall–Kier alpha value is -3.36. The predicted octanol–water partition coefficient (Wildman–Crippen LogP) is 3.48. The molecule has 33 heavy (non-hydrogen) atoms. The van der Waals surface area contributed by atoms with E-state index in [-0.39, 0.29) is 12.2 Å². The van der Waals surface area contributed by atoms with Crippen molar-refractivity contribution in [1.29, 1.82) is 0 Å². The maximum Gasteiger partial charge on any atom is 0.338 e. The third-order valence-electron chi connectivity index (χ3n) is 5.14. The number of thiazole rings is 1. The van der Waals surface area contributed by atoms with Gasteiger partial charge in [0.25, 0.3) is 5.56 Å². The van der Waals surface area contributed by atoms with E-state index in [1.54, 1.807) is 39.3 Å². The van der Waals surface area contributed by atoms with E-state index >= 15 is 0 Å². The molecule has 7 nitrogen and oxygen atoms in total. The molecule has 0 radical (unpaired) electrons. The van der Waals surface area contributed by atoms with Gasteiger partial charge < -0.3 is 14.8 Å². The summed E-state index contributed by atoms with van der Waals surface area (Å²) < 4.78 is 12.7. The van der Waals surface area contributed by atoms with Gasteiger partial charge in [-0.15, -0.1) is 0 Å². The summed E-state index contributed by atoms with van der Waals surface area (Å²) in [6.07, 6.45) is 1.64. The quantitative estimate of drug-likeness (QED) is 0.543. The van der Waals surface area contributed by atoms with Crippen LogP contribution in [0.3, 0.4) is 0 Å². The van der Waals surface area contributed by atoms with E-state index in [1.165, 1.54) is 15.9 Å². The Balaban J connectivity index is 1.87. The van der Waals surface area contributed by atoms with E-state index in [0.717, 1.165) is 11.3 Å². The number of hydrogen-bond donors (Lipinski definition) is 1. The zero-order chi connectivity index (χ0) is 23.5. The second-order valence-electron chi connectivity index (χ2n) is 7.23. The molecular weight excluding hydrogens is 462 g/mol. The second-order valence-corrected chi connectivity index (χ2v) is 8.68. The third-order valence-corrected chi connectivity index (χ3v) is 6.38. The van der Waals surface area contributed by atoms with Crippen molar-refractivity contribution in [3.05, 3.63) is 90.1 Å². The summed E-state index contributed by atoms with van der Waals surface area (Å²) in [5.41, 5.74) is 2.10. The van der Waals surface area contributed by atoms with E-state index in [2.05, 4.69) is 10.3 Å². The van der Waals surface area contributed by atoms with Gasteiger partial charge in [0.2, 0.25) is 0 Å². The molecule has 0 spiro atoms. The highest BCUT2D eigenvalue weighted by Crippen LogP contribution is 2.32. The number of aromatic nitrogens is 1. The standard InChI is InChI=1S/C24H22ClN3O4S/c1-4-32-23(30)20-14(2)27-24-28(21(20)15-6-5-7-18(12-15)31-3)22(29)19(33-24)13-26-17-10-8-16(25)9-11-17/h5-13,21,26H,4H2,1-3H3. The highest BCUT2D eigenvalue weighted by atomic mass is 35.5. The Labute approximate surface area is 199 Å². The number of nitrogens with zero attached hydrogens (tertiary/aromatic N) is 2. The minimum Gasteiger partial charge on any atom is -0.497 e. The molecule has 2 heterocycles. The Morgan fingerprint density at radius 2 is 2.03 bits per heavy atom. The molecule has 1 atom stereocenters. The molecule has 0 amide bonds. The molecule has 0 aliphatic carbocycles. The monoisotopic (exact) mass is 483 g/mol. The molecule has 0 bridgehead atoms. The van der Waals surface area contributed by atoms with E-state index in [1.807, 2.05) is 36.4 Å². The smallest absolute Gasteiger partial charge is 0.338 e. The molecule has 1 N–H and O–H groups in total. The van der Waals surface area contributed by atoms with Gasteiger partial charge in [0.15, 0.2) is 4.80 Å². The van der Waals surface area contributed by atoms with Gasteiger partial charge in [0.05, 0.1) is 31.0 Å². The van der Waals surface area contributed by atoms with E-state index in [0.29, 0.717) is 31.4 Å². The lowest BCUT2D eigenvalue weighted by Gasteiger charge is -2.24. The Kier molecular flexibility index (Phi) is 6.67. The van der Waals surface area contributed by atoms with Gasteiger partial charge in [-0.05, 0) is 55.8 Å². The highest BCUT2D eigenvalue weighted by Gasteiger charge is 2.33. The van der Waals surface area contributed by atoms with Crippen LogP contribution < -0.4 is 24.9 Å². The van der Waals surface area contributed by atoms with Gasteiger partial charge in [0.1, 0.15) is 10.3 Å². The molecule has 1 unspecified atom stereocenters. The maximum atomic E-state index is 13.5. The number of halogens is 1. The summed E-state index contributed by atoms with van der Waals surface area (Å²) >= 11 is 7.19. The van der Waals surface area contributed by atoms with Crippen LogP contribution in [0, 0.1) is 0 Å². The number of carbonyl (C=O) groups excluding carboxylic acids is 1. The van der Waals surface area contributed by atoms with Crippen molar-refractivity contribution in [3.8, 4) is 5.75 Å². The fourth-order valence-corrected chi connectivity index (χ4v) is 4.71. The molecule has 2 aromatic carbocycles. The van der Waals surface area contributed by atoms with Crippen LogP contribution in [0.25, 0.3) is 6.20 Å². The number of nitrogens with one attached hydrogen (secondary N) is 1. The number of benzene rings is 2. The van der Waals surface area contributed by atoms with Crippen molar-refractivity contribution in [1.82, 2.24) is 4.57 Å². The number of methoxy groups -OCH3 is 1. The van der Waals surface area contributed by atoms with Crippen LogP contribution in [0.2, 0.25) is 5.02 Å². The number of carbonyl (C=O) groups is 1. The molecule has 0 saturated carbocycles. The number of ether oxygens (including phenoxy) is 2. The van der Waals surface area contributed by atoms with Gasteiger partial charge in [-0.25, -0.2) is 9.79 Å². The number of esters is 1. The summed E-state index contributed by atoms with van der Waals surface area (Å²) in [7, 11) is 1.57. The van der Waals surface area contributed by atoms with Gasteiger partial charge in [0, 0.05) is 16.9 Å². The van der Waals surface area contributed by atoms with Crippen molar-refractivity contribution >= 4 is 40.8 Å². The molecule has 170 valence electrons.